The zero-order valence-corrected chi connectivity index (χ0v) is 11.9. The van der Waals surface area contributed by atoms with E-state index in [1.165, 1.54) is 17.5 Å². The average Bonchev–Trinajstić information content (AvgIpc) is 2.37. The second kappa shape index (κ2) is 5.74. The number of carbonyl (C=O) groups excluding carboxylic acids is 1. The van der Waals surface area contributed by atoms with Crippen molar-refractivity contribution in [3.63, 3.8) is 0 Å². The lowest BCUT2D eigenvalue weighted by atomic mass is 9.71. The van der Waals surface area contributed by atoms with Crippen molar-refractivity contribution in [1.29, 1.82) is 0 Å². The maximum absolute atomic E-state index is 10.7. The number of nitrogens with two attached hydrogens (primary N) is 1. The highest BCUT2D eigenvalue weighted by Crippen LogP contribution is 2.41. The Labute approximate surface area is 115 Å². The molecule has 1 atom stereocenters. The molecular formula is C16H24N2O. The van der Waals surface area contributed by atoms with E-state index in [2.05, 4.69) is 43.4 Å². The first kappa shape index (κ1) is 14.1. The van der Waals surface area contributed by atoms with Gasteiger partial charge in [0.15, 0.2) is 0 Å². The third kappa shape index (κ3) is 3.35. The summed E-state index contributed by atoms with van der Waals surface area (Å²) in [4.78, 5) is 10.7. The fraction of sp³-hybridized carbons (Fsp3) is 0.562. The van der Waals surface area contributed by atoms with Crippen LogP contribution >= 0.6 is 0 Å². The lowest BCUT2D eigenvalue weighted by molar-refractivity contribution is -0.118. The highest BCUT2D eigenvalue weighted by atomic mass is 16.1. The Balaban J connectivity index is 2.02. The Morgan fingerprint density at radius 2 is 2.16 bits per heavy atom. The number of primary amides is 1. The van der Waals surface area contributed by atoms with Crippen LogP contribution in [0.2, 0.25) is 0 Å². The molecular weight excluding hydrogens is 236 g/mol. The normalized spacial score (nSPS) is 20.8. The largest absolute Gasteiger partial charge is 0.370 e. The van der Waals surface area contributed by atoms with Crippen molar-refractivity contribution in [1.82, 2.24) is 5.32 Å². The maximum Gasteiger partial charge on any atom is 0.217 e. The van der Waals surface area contributed by atoms with E-state index in [9.17, 15) is 4.79 Å². The molecule has 0 heterocycles. The third-order valence-electron chi connectivity index (χ3n) is 4.11. The van der Waals surface area contributed by atoms with Crippen molar-refractivity contribution in [2.45, 2.75) is 51.0 Å². The third-order valence-corrected chi connectivity index (χ3v) is 4.11. The number of benzene rings is 1. The molecule has 0 saturated carbocycles. The molecule has 1 aromatic carbocycles. The van der Waals surface area contributed by atoms with Gasteiger partial charge in [-0.3, -0.25) is 4.79 Å². The fourth-order valence-corrected chi connectivity index (χ4v) is 2.96. The molecule has 0 aromatic heterocycles. The van der Waals surface area contributed by atoms with Gasteiger partial charge < -0.3 is 11.1 Å². The Morgan fingerprint density at radius 1 is 1.42 bits per heavy atom. The van der Waals surface area contributed by atoms with Gasteiger partial charge >= 0.3 is 0 Å². The number of nitrogens with one attached hydrogen (secondary N) is 1. The zero-order valence-electron chi connectivity index (χ0n) is 11.9. The molecule has 1 aliphatic carbocycles. The molecule has 3 heteroatoms. The predicted molar refractivity (Wildman–Crippen MR) is 77.9 cm³/mol. The van der Waals surface area contributed by atoms with Crippen LogP contribution in [-0.2, 0) is 10.2 Å². The van der Waals surface area contributed by atoms with Crippen molar-refractivity contribution in [2.75, 3.05) is 6.54 Å². The highest BCUT2D eigenvalue weighted by Gasteiger charge is 2.31. The molecule has 0 aliphatic heterocycles. The molecule has 1 aliphatic rings. The molecule has 3 nitrogen and oxygen atoms in total. The van der Waals surface area contributed by atoms with Crippen molar-refractivity contribution in [3.05, 3.63) is 35.4 Å². The second-order valence-corrected chi connectivity index (χ2v) is 6.09. The summed E-state index contributed by atoms with van der Waals surface area (Å²) in [5.41, 5.74) is 8.29. The van der Waals surface area contributed by atoms with E-state index < -0.39 is 0 Å². The van der Waals surface area contributed by atoms with Gasteiger partial charge in [0.1, 0.15) is 0 Å². The molecule has 19 heavy (non-hydrogen) atoms. The summed E-state index contributed by atoms with van der Waals surface area (Å²) in [7, 11) is 0. The summed E-state index contributed by atoms with van der Waals surface area (Å²) in [5.74, 6) is -0.216. The van der Waals surface area contributed by atoms with Crippen LogP contribution in [0.3, 0.4) is 0 Å². The van der Waals surface area contributed by atoms with Crippen molar-refractivity contribution in [2.24, 2.45) is 5.73 Å². The van der Waals surface area contributed by atoms with Gasteiger partial charge in [0.25, 0.3) is 0 Å². The van der Waals surface area contributed by atoms with Gasteiger partial charge in [-0.1, -0.05) is 38.1 Å². The summed E-state index contributed by atoms with van der Waals surface area (Å²) < 4.78 is 0. The van der Waals surface area contributed by atoms with Crippen LogP contribution < -0.4 is 11.1 Å². The number of carbonyl (C=O) groups is 1. The van der Waals surface area contributed by atoms with Gasteiger partial charge in [0.2, 0.25) is 5.91 Å². The summed E-state index contributed by atoms with van der Waals surface area (Å²) >= 11 is 0. The summed E-state index contributed by atoms with van der Waals surface area (Å²) in [5, 5.41) is 3.56. The zero-order chi connectivity index (χ0) is 13.9. The van der Waals surface area contributed by atoms with E-state index in [0.717, 1.165) is 19.4 Å². The van der Waals surface area contributed by atoms with E-state index in [-0.39, 0.29) is 11.3 Å². The van der Waals surface area contributed by atoms with Crippen LogP contribution in [0, 0.1) is 0 Å². The minimum absolute atomic E-state index is 0.216. The molecule has 2 rings (SSSR count). The number of rotatable bonds is 5. The topological polar surface area (TPSA) is 55.1 Å². The molecule has 1 aromatic rings. The van der Waals surface area contributed by atoms with E-state index in [1.807, 2.05) is 0 Å². The summed E-state index contributed by atoms with van der Waals surface area (Å²) in [6.45, 7) is 5.48. The maximum atomic E-state index is 10.7. The van der Waals surface area contributed by atoms with Crippen LogP contribution in [0.25, 0.3) is 0 Å². The molecule has 104 valence electrons. The van der Waals surface area contributed by atoms with Gasteiger partial charge in [-0.05, 0) is 42.3 Å². The van der Waals surface area contributed by atoms with E-state index in [0.29, 0.717) is 12.5 Å². The SMILES string of the molecule is CC1(C)CCC(NCCCC(N)=O)c2ccccc21. The molecule has 3 N–H and O–H groups in total. The Hall–Kier alpha value is -1.35. The quantitative estimate of drug-likeness (QED) is 0.800. The minimum atomic E-state index is -0.216. The smallest absolute Gasteiger partial charge is 0.217 e. The Morgan fingerprint density at radius 3 is 2.89 bits per heavy atom. The first-order chi connectivity index (χ1) is 9.00. The van der Waals surface area contributed by atoms with Crippen molar-refractivity contribution >= 4 is 5.91 Å². The lowest BCUT2D eigenvalue weighted by Gasteiger charge is -2.37. The first-order valence-corrected chi connectivity index (χ1v) is 7.12. The first-order valence-electron chi connectivity index (χ1n) is 7.12. The van der Waals surface area contributed by atoms with E-state index in [4.69, 9.17) is 5.73 Å². The van der Waals surface area contributed by atoms with Gasteiger partial charge in [0, 0.05) is 12.5 Å². The van der Waals surface area contributed by atoms with Crippen molar-refractivity contribution in [3.8, 4) is 0 Å². The van der Waals surface area contributed by atoms with Gasteiger partial charge in [-0.2, -0.15) is 0 Å². The van der Waals surface area contributed by atoms with Gasteiger partial charge in [-0.15, -0.1) is 0 Å². The number of fused-ring (bicyclic) bond motifs is 1. The second-order valence-electron chi connectivity index (χ2n) is 6.09. The van der Waals surface area contributed by atoms with Crippen LogP contribution in [0.1, 0.15) is 56.7 Å². The molecule has 1 amide bonds. The average molecular weight is 260 g/mol. The number of amides is 1. The molecule has 0 radical (unpaired) electrons. The lowest BCUT2D eigenvalue weighted by Crippen LogP contribution is -2.33. The monoisotopic (exact) mass is 260 g/mol. The van der Waals surface area contributed by atoms with E-state index >= 15 is 0 Å². The Kier molecular flexibility index (Phi) is 4.25. The molecule has 1 unspecified atom stereocenters. The van der Waals surface area contributed by atoms with Gasteiger partial charge in [-0.25, -0.2) is 0 Å². The van der Waals surface area contributed by atoms with Crippen LogP contribution in [0.4, 0.5) is 0 Å². The van der Waals surface area contributed by atoms with Crippen molar-refractivity contribution < 1.29 is 4.79 Å². The van der Waals surface area contributed by atoms with Crippen LogP contribution in [-0.4, -0.2) is 12.5 Å². The molecule has 0 saturated heterocycles. The fourth-order valence-electron chi connectivity index (χ4n) is 2.96. The minimum Gasteiger partial charge on any atom is -0.370 e. The molecule has 0 spiro atoms. The number of hydrogen-bond acceptors (Lipinski definition) is 2. The Bertz CT molecular complexity index is 454. The van der Waals surface area contributed by atoms with E-state index in [1.54, 1.807) is 0 Å². The standard InChI is InChI=1S/C16H24N2O/c1-16(2)10-9-14(18-11-5-8-15(17)19)12-6-3-4-7-13(12)16/h3-4,6-7,14,18H,5,8-11H2,1-2H3,(H2,17,19). The van der Waals surface area contributed by atoms with Crippen LogP contribution in [0.5, 0.6) is 0 Å². The highest BCUT2D eigenvalue weighted by molar-refractivity contribution is 5.73. The molecule has 0 fully saturated rings. The predicted octanol–water partition coefficient (Wildman–Crippen LogP) is 2.65. The van der Waals surface area contributed by atoms with Crippen LogP contribution in [0.15, 0.2) is 24.3 Å². The molecule has 0 bridgehead atoms. The number of hydrogen-bond donors (Lipinski definition) is 2. The summed E-state index contributed by atoms with van der Waals surface area (Å²) in [6, 6.07) is 9.11. The summed E-state index contributed by atoms with van der Waals surface area (Å²) in [6.07, 6.45) is 3.63. The van der Waals surface area contributed by atoms with Gasteiger partial charge in [0.05, 0.1) is 0 Å².